The van der Waals surface area contributed by atoms with E-state index < -0.39 is 0 Å². The average Bonchev–Trinajstić information content (AvgIpc) is 2.49. The van der Waals surface area contributed by atoms with Crippen LogP contribution in [0.3, 0.4) is 0 Å². The number of nitriles is 1. The molecule has 0 aliphatic heterocycles. The molecule has 0 saturated carbocycles. The van der Waals surface area contributed by atoms with Crippen LogP contribution in [-0.2, 0) is 0 Å². The molecule has 2 nitrogen and oxygen atoms in total. The molecular weight excluding hydrogens is 270 g/mol. The molecule has 1 N–H and O–H groups in total. The van der Waals surface area contributed by atoms with Crippen LogP contribution in [0.1, 0.15) is 5.56 Å². The third kappa shape index (κ3) is 3.28. The van der Waals surface area contributed by atoms with Crippen LogP contribution in [0.5, 0.6) is 5.75 Å². The Morgan fingerprint density at radius 3 is 2.15 bits per heavy atom. The summed E-state index contributed by atoms with van der Waals surface area (Å²) in [6, 6.07) is 22.3. The van der Waals surface area contributed by atoms with E-state index in [9.17, 15) is 0 Å². The highest BCUT2D eigenvalue weighted by Crippen LogP contribution is 2.22. The van der Waals surface area contributed by atoms with Crippen molar-refractivity contribution in [1.29, 1.82) is 5.26 Å². The lowest BCUT2D eigenvalue weighted by atomic mass is 10.1. The van der Waals surface area contributed by atoms with Gasteiger partial charge < -0.3 is 5.11 Å². The first-order valence-electron chi connectivity index (χ1n) is 6.03. The number of aromatic hydroxyl groups is 1. The van der Waals surface area contributed by atoms with Gasteiger partial charge in [0.1, 0.15) is 11.8 Å². The van der Waals surface area contributed by atoms with E-state index >= 15 is 0 Å². The van der Waals surface area contributed by atoms with Crippen LogP contribution in [0.4, 0.5) is 0 Å². The Bertz CT molecular complexity index is 757. The van der Waals surface area contributed by atoms with Crippen molar-refractivity contribution in [2.75, 3.05) is 0 Å². The highest BCUT2D eigenvalue weighted by Gasteiger charge is 1.94. The molecule has 3 aromatic rings. The summed E-state index contributed by atoms with van der Waals surface area (Å²) in [6.07, 6.45) is 0. The van der Waals surface area contributed by atoms with Gasteiger partial charge in [-0.2, -0.15) is 5.26 Å². The minimum atomic E-state index is 0.0417. The number of halogens is 1. The quantitative estimate of drug-likeness (QED) is 0.646. The van der Waals surface area contributed by atoms with Crippen molar-refractivity contribution in [2.45, 2.75) is 0 Å². The number of phenolic OH excluding ortho intramolecular Hbond substituents is 1. The van der Waals surface area contributed by atoms with Crippen LogP contribution in [0.25, 0.3) is 10.8 Å². The van der Waals surface area contributed by atoms with E-state index in [1.807, 2.05) is 36.4 Å². The molecule has 0 radical (unpaired) electrons. The summed E-state index contributed by atoms with van der Waals surface area (Å²) in [5, 5.41) is 20.3. The molecular formula is C17H12ClNO. The molecule has 3 aromatic carbocycles. The maximum Gasteiger partial charge on any atom is 0.133 e. The summed E-state index contributed by atoms with van der Waals surface area (Å²) in [7, 11) is 0. The average molecular weight is 282 g/mol. The van der Waals surface area contributed by atoms with Crippen LogP contribution >= 0.6 is 11.6 Å². The van der Waals surface area contributed by atoms with Crippen LogP contribution in [0.2, 0.25) is 5.02 Å². The maximum atomic E-state index is 8.89. The number of para-hydroxylation sites is 1. The molecule has 0 aliphatic carbocycles. The SMILES string of the molecule is Clc1cccc2ccccc12.N#Cc1ccccc1O. The van der Waals surface area contributed by atoms with Gasteiger partial charge in [-0.25, -0.2) is 0 Å². The zero-order valence-electron chi connectivity index (χ0n) is 10.6. The van der Waals surface area contributed by atoms with Crippen molar-refractivity contribution >= 4 is 22.4 Å². The number of nitrogens with zero attached hydrogens (tertiary/aromatic N) is 1. The van der Waals surface area contributed by atoms with Gasteiger partial charge in [0.15, 0.2) is 0 Å². The summed E-state index contributed by atoms with van der Waals surface area (Å²) in [4.78, 5) is 0. The number of benzene rings is 3. The molecule has 0 saturated heterocycles. The van der Waals surface area contributed by atoms with Gasteiger partial charge in [-0.15, -0.1) is 0 Å². The van der Waals surface area contributed by atoms with Crippen LogP contribution in [-0.4, -0.2) is 5.11 Å². The van der Waals surface area contributed by atoms with Gasteiger partial charge in [-0.1, -0.05) is 60.1 Å². The molecule has 0 atom stereocenters. The monoisotopic (exact) mass is 281 g/mol. The first kappa shape index (κ1) is 13.9. The lowest BCUT2D eigenvalue weighted by Gasteiger charge is -1.97. The lowest BCUT2D eigenvalue weighted by Crippen LogP contribution is -1.71. The van der Waals surface area contributed by atoms with E-state index in [4.69, 9.17) is 22.0 Å². The molecule has 0 aromatic heterocycles. The molecule has 3 rings (SSSR count). The number of rotatable bonds is 0. The van der Waals surface area contributed by atoms with E-state index in [0.29, 0.717) is 5.56 Å². The first-order chi connectivity index (χ1) is 9.72. The van der Waals surface area contributed by atoms with Crippen molar-refractivity contribution < 1.29 is 5.11 Å². The molecule has 3 heteroatoms. The minimum absolute atomic E-state index is 0.0417. The highest BCUT2D eigenvalue weighted by atomic mass is 35.5. The normalized spacial score (nSPS) is 9.40. The summed E-state index contributed by atoms with van der Waals surface area (Å²) in [5.74, 6) is 0.0417. The summed E-state index contributed by atoms with van der Waals surface area (Å²) in [5.41, 5.74) is 0.317. The van der Waals surface area contributed by atoms with E-state index in [2.05, 4.69) is 12.1 Å². The Kier molecular flexibility index (Phi) is 4.60. The standard InChI is InChI=1S/C10H7Cl.C7H5NO/c11-10-7-3-5-8-4-1-2-6-9(8)10;8-5-6-3-1-2-4-7(6)9/h1-7H;1-4,9H. The largest absolute Gasteiger partial charge is 0.507 e. The zero-order chi connectivity index (χ0) is 14.4. The molecule has 0 bridgehead atoms. The zero-order valence-corrected chi connectivity index (χ0v) is 11.4. The van der Waals surface area contributed by atoms with Gasteiger partial charge in [-0.3, -0.25) is 0 Å². The van der Waals surface area contributed by atoms with Crippen molar-refractivity contribution in [3.8, 4) is 11.8 Å². The number of fused-ring (bicyclic) bond motifs is 1. The molecule has 20 heavy (non-hydrogen) atoms. The molecule has 0 amide bonds. The number of phenols is 1. The molecule has 0 aliphatic rings. The third-order valence-corrected chi connectivity index (χ3v) is 3.09. The van der Waals surface area contributed by atoms with Crippen molar-refractivity contribution in [3.63, 3.8) is 0 Å². The molecule has 98 valence electrons. The maximum absolute atomic E-state index is 8.89. The predicted molar refractivity (Wildman–Crippen MR) is 81.8 cm³/mol. The van der Waals surface area contributed by atoms with Gasteiger partial charge in [0.2, 0.25) is 0 Å². The molecule has 0 spiro atoms. The topological polar surface area (TPSA) is 44.0 Å². The fraction of sp³-hybridized carbons (Fsp3) is 0. The second-order valence-corrected chi connectivity index (χ2v) is 4.50. The van der Waals surface area contributed by atoms with E-state index in [0.717, 1.165) is 10.4 Å². The highest BCUT2D eigenvalue weighted by molar-refractivity contribution is 6.35. The summed E-state index contributed by atoms with van der Waals surface area (Å²) >= 11 is 5.96. The molecule has 0 heterocycles. The van der Waals surface area contributed by atoms with E-state index in [1.165, 1.54) is 11.5 Å². The van der Waals surface area contributed by atoms with Gasteiger partial charge in [-0.05, 0) is 23.6 Å². The third-order valence-electron chi connectivity index (χ3n) is 2.76. The predicted octanol–water partition coefficient (Wildman–Crippen LogP) is 4.76. The van der Waals surface area contributed by atoms with E-state index in [-0.39, 0.29) is 5.75 Å². The van der Waals surface area contributed by atoms with Crippen molar-refractivity contribution in [3.05, 3.63) is 77.3 Å². The Morgan fingerprint density at radius 2 is 1.50 bits per heavy atom. The van der Waals surface area contributed by atoms with Gasteiger partial charge in [0, 0.05) is 10.4 Å². The smallest absolute Gasteiger partial charge is 0.133 e. The molecule has 0 fully saturated rings. The Morgan fingerprint density at radius 1 is 0.850 bits per heavy atom. The fourth-order valence-electron chi connectivity index (χ4n) is 1.75. The van der Waals surface area contributed by atoms with E-state index in [1.54, 1.807) is 18.2 Å². The Labute approximate surface area is 122 Å². The number of hydrogen-bond acceptors (Lipinski definition) is 2. The van der Waals surface area contributed by atoms with Crippen LogP contribution < -0.4 is 0 Å². The second-order valence-electron chi connectivity index (χ2n) is 4.09. The Balaban J connectivity index is 0.000000151. The second kappa shape index (κ2) is 6.60. The minimum Gasteiger partial charge on any atom is -0.507 e. The van der Waals surface area contributed by atoms with Crippen molar-refractivity contribution in [2.24, 2.45) is 0 Å². The molecule has 0 unspecified atom stereocenters. The Hall–Kier alpha value is -2.50. The van der Waals surface area contributed by atoms with Crippen LogP contribution in [0, 0.1) is 11.3 Å². The summed E-state index contributed by atoms with van der Waals surface area (Å²) < 4.78 is 0. The van der Waals surface area contributed by atoms with Gasteiger partial charge >= 0.3 is 0 Å². The van der Waals surface area contributed by atoms with Crippen molar-refractivity contribution in [1.82, 2.24) is 0 Å². The van der Waals surface area contributed by atoms with Gasteiger partial charge in [0.05, 0.1) is 5.56 Å². The van der Waals surface area contributed by atoms with Crippen LogP contribution in [0.15, 0.2) is 66.7 Å². The number of hydrogen-bond donors (Lipinski definition) is 1. The van der Waals surface area contributed by atoms with Gasteiger partial charge in [0.25, 0.3) is 0 Å². The first-order valence-corrected chi connectivity index (χ1v) is 6.41. The lowest BCUT2D eigenvalue weighted by molar-refractivity contribution is 0.473. The fourth-order valence-corrected chi connectivity index (χ4v) is 2.00. The summed E-state index contributed by atoms with van der Waals surface area (Å²) in [6.45, 7) is 0.